The number of carbonyl (C=O) groups is 1. The zero-order valence-corrected chi connectivity index (χ0v) is 12.5. The van der Waals surface area contributed by atoms with Gasteiger partial charge in [0.1, 0.15) is 16.5 Å². The summed E-state index contributed by atoms with van der Waals surface area (Å²) in [7, 11) is -4.49. The molecule has 2 N–H and O–H groups in total. The largest absolute Gasteiger partial charge is 0.273 e. The fourth-order valence-corrected chi connectivity index (χ4v) is 2.59. The van der Waals surface area contributed by atoms with Gasteiger partial charge >= 0.3 is 0 Å². The van der Waals surface area contributed by atoms with Crippen molar-refractivity contribution in [3.05, 3.63) is 69.8 Å². The number of non-ortho nitro benzene ring substituents is 1. The van der Waals surface area contributed by atoms with Crippen molar-refractivity contribution >= 4 is 21.6 Å². The quantitative estimate of drug-likeness (QED) is 0.621. The molecule has 0 aliphatic heterocycles. The number of sulfonamides is 1. The van der Waals surface area contributed by atoms with Crippen LogP contribution in [0, 0.1) is 21.7 Å². The van der Waals surface area contributed by atoms with Crippen LogP contribution in [0.4, 0.5) is 14.5 Å². The lowest BCUT2D eigenvalue weighted by Gasteiger charge is -2.09. The predicted octanol–water partition coefficient (Wildman–Crippen LogP) is 1.50. The summed E-state index contributed by atoms with van der Waals surface area (Å²) in [5.41, 5.74) is 1.23. The van der Waals surface area contributed by atoms with Crippen LogP contribution < -0.4 is 10.3 Å². The van der Waals surface area contributed by atoms with Gasteiger partial charge in [-0.25, -0.2) is 17.2 Å². The molecule has 11 heteroatoms. The van der Waals surface area contributed by atoms with Gasteiger partial charge in [0, 0.05) is 23.8 Å². The van der Waals surface area contributed by atoms with E-state index in [1.54, 1.807) is 10.3 Å². The van der Waals surface area contributed by atoms with Crippen LogP contribution in [0.25, 0.3) is 0 Å². The van der Waals surface area contributed by atoms with E-state index in [-0.39, 0.29) is 11.3 Å². The summed E-state index contributed by atoms with van der Waals surface area (Å²) in [6, 6.07) is 6.33. The number of nitrogens with one attached hydrogen (secondary N) is 2. The van der Waals surface area contributed by atoms with Gasteiger partial charge in [-0.15, -0.1) is 4.83 Å². The Kier molecular flexibility index (Phi) is 4.85. The Bertz CT molecular complexity index is 918. The van der Waals surface area contributed by atoms with E-state index in [2.05, 4.69) is 0 Å². The van der Waals surface area contributed by atoms with Crippen molar-refractivity contribution in [1.29, 1.82) is 0 Å². The van der Waals surface area contributed by atoms with Crippen molar-refractivity contribution in [2.45, 2.75) is 4.90 Å². The van der Waals surface area contributed by atoms with Gasteiger partial charge in [0.05, 0.1) is 4.92 Å². The fraction of sp³-hybridized carbons (Fsp3) is 0. The number of nitro benzene ring substituents is 1. The van der Waals surface area contributed by atoms with Gasteiger partial charge in [-0.3, -0.25) is 20.3 Å². The highest BCUT2D eigenvalue weighted by Gasteiger charge is 2.21. The first kappa shape index (κ1) is 17.4. The fourth-order valence-electron chi connectivity index (χ4n) is 1.69. The number of nitrogens with zero attached hydrogens (tertiary/aromatic N) is 1. The lowest BCUT2D eigenvalue weighted by atomic mass is 10.2. The first-order chi connectivity index (χ1) is 11.2. The van der Waals surface area contributed by atoms with Crippen LogP contribution in [0.3, 0.4) is 0 Å². The van der Waals surface area contributed by atoms with E-state index < -0.39 is 37.4 Å². The van der Waals surface area contributed by atoms with Gasteiger partial charge in [-0.2, -0.15) is 0 Å². The molecule has 0 heterocycles. The summed E-state index contributed by atoms with van der Waals surface area (Å²) in [5.74, 6) is -3.30. The number of benzene rings is 2. The van der Waals surface area contributed by atoms with Crippen LogP contribution in [0.1, 0.15) is 10.4 Å². The third-order valence-electron chi connectivity index (χ3n) is 2.80. The molecular formula is C13H9F2N3O5S. The summed E-state index contributed by atoms with van der Waals surface area (Å²) >= 11 is 0. The molecule has 1 amide bonds. The average molecular weight is 357 g/mol. The van der Waals surface area contributed by atoms with Crippen LogP contribution in [-0.4, -0.2) is 19.2 Å². The Morgan fingerprint density at radius 1 is 1.12 bits per heavy atom. The number of carbonyl (C=O) groups excluding carboxylic acids is 1. The standard InChI is InChI=1S/C13H9F2N3O5S/c14-9-4-5-12(11(15)7-9)24(22,23)17-16-13(19)8-2-1-3-10(6-8)18(20)21/h1-7,17H,(H,16,19). The average Bonchev–Trinajstić information content (AvgIpc) is 2.52. The van der Waals surface area contributed by atoms with E-state index in [9.17, 15) is 32.1 Å². The molecule has 0 bridgehead atoms. The zero-order chi connectivity index (χ0) is 17.9. The summed E-state index contributed by atoms with van der Waals surface area (Å²) in [5, 5.41) is 10.6. The molecule has 126 valence electrons. The Balaban J connectivity index is 2.16. The second-order valence-corrected chi connectivity index (χ2v) is 6.09. The molecule has 2 aromatic carbocycles. The highest BCUT2D eigenvalue weighted by atomic mass is 32.2. The van der Waals surface area contributed by atoms with Crippen molar-refractivity contribution in [1.82, 2.24) is 10.3 Å². The molecule has 0 fully saturated rings. The van der Waals surface area contributed by atoms with Crippen molar-refractivity contribution in [3.63, 3.8) is 0 Å². The molecule has 0 radical (unpaired) electrons. The van der Waals surface area contributed by atoms with Gasteiger partial charge in [0.15, 0.2) is 0 Å². The Hall–Kier alpha value is -2.92. The van der Waals surface area contributed by atoms with E-state index in [0.717, 1.165) is 18.2 Å². The number of hydrazine groups is 1. The minimum atomic E-state index is -4.49. The van der Waals surface area contributed by atoms with E-state index in [0.29, 0.717) is 12.1 Å². The van der Waals surface area contributed by atoms with Gasteiger partial charge in [-0.1, -0.05) is 6.07 Å². The number of hydrogen-bond donors (Lipinski definition) is 2. The maximum atomic E-state index is 13.5. The molecule has 0 aliphatic rings. The topological polar surface area (TPSA) is 118 Å². The number of amides is 1. The van der Waals surface area contributed by atoms with E-state index in [1.165, 1.54) is 12.1 Å². The third kappa shape index (κ3) is 3.88. The molecule has 8 nitrogen and oxygen atoms in total. The van der Waals surface area contributed by atoms with Crippen LogP contribution >= 0.6 is 0 Å². The van der Waals surface area contributed by atoms with Gasteiger partial charge in [-0.05, 0) is 18.2 Å². The minimum absolute atomic E-state index is 0.188. The Morgan fingerprint density at radius 3 is 2.46 bits per heavy atom. The maximum Gasteiger partial charge on any atom is 0.270 e. The lowest BCUT2D eigenvalue weighted by molar-refractivity contribution is -0.384. The molecule has 0 atom stereocenters. The molecule has 0 aliphatic carbocycles. The van der Waals surface area contributed by atoms with Crippen LogP contribution in [0.2, 0.25) is 0 Å². The van der Waals surface area contributed by atoms with Crippen molar-refractivity contribution < 1.29 is 26.9 Å². The summed E-state index contributed by atoms with van der Waals surface area (Å²) in [6.45, 7) is 0. The molecule has 0 aromatic heterocycles. The Morgan fingerprint density at radius 2 is 1.83 bits per heavy atom. The smallest absolute Gasteiger partial charge is 0.270 e. The van der Waals surface area contributed by atoms with E-state index in [1.807, 2.05) is 0 Å². The molecule has 0 saturated heterocycles. The van der Waals surface area contributed by atoms with Gasteiger partial charge in [0.2, 0.25) is 0 Å². The maximum absolute atomic E-state index is 13.5. The predicted molar refractivity (Wildman–Crippen MR) is 77.2 cm³/mol. The molecule has 2 rings (SSSR count). The van der Waals surface area contributed by atoms with Crippen LogP contribution in [0.15, 0.2) is 47.4 Å². The first-order valence-corrected chi connectivity index (χ1v) is 7.70. The highest BCUT2D eigenvalue weighted by molar-refractivity contribution is 7.89. The molecular weight excluding hydrogens is 348 g/mol. The molecule has 2 aromatic rings. The van der Waals surface area contributed by atoms with Crippen molar-refractivity contribution in [2.24, 2.45) is 0 Å². The Labute approximate surface area is 134 Å². The van der Waals surface area contributed by atoms with Crippen LogP contribution in [0.5, 0.6) is 0 Å². The summed E-state index contributed by atoms with van der Waals surface area (Å²) < 4.78 is 50.0. The first-order valence-electron chi connectivity index (χ1n) is 6.22. The number of hydrogen-bond acceptors (Lipinski definition) is 5. The van der Waals surface area contributed by atoms with Crippen LogP contribution in [-0.2, 0) is 10.0 Å². The zero-order valence-electron chi connectivity index (χ0n) is 11.7. The molecule has 0 unspecified atom stereocenters. The highest BCUT2D eigenvalue weighted by Crippen LogP contribution is 2.15. The lowest BCUT2D eigenvalue weighted by Crippen LogP contribution is -2.41. The van der Waals surface area contributed by atoms with Gasteiger partial charge in [0.25, 0.3) is 21.6 Å². The second-order valence-electron chi connectivity index (χ2n) is 4.44. The van der Waals surface area contributed by atoms with Crippen molar-refractivity contribution in [2.75, 3.05) is 0 Å². The van der Waals surface area contributed by atoms with Gasteiger partial charge < -0.3 is 0 Å². The molecule has 0 spiro atoms. The second kappa shape index (κ2) is 6.68. The number of rotatable bonds is 5. The summed E-state index contributed by atoms with van der Waals surface area (Å²) in [6.07, 6.45) is 0. The number of halogens is 2. The third-order valence-corrected chi connectivity index (χ3v) is 4.08. The minimum Gasteiger partial charge on any atom is -0.273 e. The monoisotopic (exact) mass is 357 g/mol. The summed E-state index contributed by atoms with van der Waals surface area (Å²) in [4.78, 5) is 22.5. The molecule has 0 saturated carbocycles. The SMILES string of the molecule is O=C(NNS(=O)(=O)c1ccc(F)cc1F)c1cccc([N+](=O)[O-])c1. The molecule has 24 heavy (non-hydrogen) atoms. The van der Waals surface area contributed by atoms with E-state index in [4.69, 9.17) is 0 Å². The number of nitro groups is 1. The van der Waals surface area contributed by atoms with E-state index >= 15 is 0 Å². The normalized spacial score (nSPS) is 11.1. The van der Waals surface area contributed by atoms with Crippen molar-refractivity contribution in [3.8, 4) is 0 Å².